The van der Waals surface area contributed by atoms with Crippen molar-refractivity contribution < 1.29 is 5.11 Å². The number of aromatic nitrogens is 1. The molecular weight excluding hydrogens is 228 g/mol. The Balaban J connectivity index is 2.22. The summed E-state index contributed by atoms with van der Waals surface area (Å²) >= 11 is 0. The van der Waals surface area contributed by atoms with Gasteiger partial charge in [-0.2, -0.15) is 0 Å². The number of nitrogens with one attached hydrogen (secondary N) is 1. The molecule has 1 heterocycles. The van der Waals surface area contributed by atoms with Crippen LogP contribution >= 0.6 is 0 Å². The SMILES string of the molecule is C[Si](C)(CN)CCc1c[nH]c2ccc(O)cc12. The lowest BCUT2D eigenvalue weighted by Crippen LogP contribution is -2.36. The van der Waals surface area contributed by atoms with E-state index in [-0.39, 0.29) is 0 Å². The average molecular weight is 248 g/mol. The first-order chi connectivity index (χ1) is 8.02. The summed E-state index contributed by atoms with van der Waals surface area (Å²) in [5.74, 6) is 0.327. The number of hydrogen-bond acceptors (Lipinski definition) is 2. The quantitative estimate of drug-likeness (QED) is 0.728. The van der Waals surface area contributed by atoms with Gasteiger partial charge in [0.05, 0.1) is 8.07 Å². The number of aryl methyl sites for hydroxylation is 1. The van der Waals surface area contributed by atoms with Gasteiger partial charge in [-0.25, -0.2) is 0 Å². The number of hydrogen-bond donors (Lipinski definition) is 3. The minimum absolute atomic E-state index is 0.327. The molecule has 3 nitrogen and oxygen atoms in total. The molecule has 0 saturated heterocycles. The molecule has 4 heteroatoms. The van der Waals surface area contributed by atoms with Crippen LogP contribution in [0.2, 0.25) is 19.1 Å². The summed E-state index contributed by atoms with van der Waals surface area (Å²) in [7, 11) is -1.23. The van der Waals surface area contributed by atoms with E-state index >= 15 is 0 Å². The largest absolute Gasteiger partial charge is 0.508 e. The summed E-state index contributed by atoms with van der Waals surface area (Å²) < 4.78 is 0. The molecule has 2 aromatic rings. The number of fused-ring (bicyclic) bond motifs is 1. The Kier molecular flexibility index (Phi) is 3.26. The fraction of sp³-hybridized carbons (Fsp3) is 0.385. The molecule has 0 spiro atoms. The number of aromatic amines is 1. The molecule has 0 radical (unpaired) electrons. The zero-order valence-electron chi connectivity index (χ0n) is 10.5. The first kappa shape index (κ1) is 12.2. The Labute approximate surface area is 103 Å². The summed E-state index contributed by atoms with van der Waals surface area (Å²) in [5, 5.41) is 10.7. The first-order valence-electron chi connectivity index (χ1n) is 6.01. The normalized spacial score (nSPS) is 12.2. The molecule has 1 aromatic heterocycles. The second kappa shape index (κ2) is 4.54. The van der Waals surface area contributed by atoms with Crippen LogP contribution in [0, 0.1) is 0 Å². The molecule has 0 fully saturated rings. The number of nitrogens with two attached hydrogens (primary N) is 1. The number of rotatable bonds is 4. The molecular formula is C13H20N2OSi. The Morgan fingerprint density at radius 2 is 2.12 bits per heavy atom. The Hall–Kier alpha value is -1.26. The third kappa shape index (κ3) is 2.70. The standard InChI is InChI=1S/C13H20N2OSi/c1-17(2,9-14)6-5-10-8-15-13-4-3-11(16)7-12(10)13/h3-4,7-8,15-16H,5-6,9,14H2,1-2H3. The van der Waals surface area contributed by atoms with Gasteiger partial charge in [0.1, 0.15) is 5.75 Å². The van der Waals surface area contributed by atoms with E-state index in [9.17, 15) is 5.11 Å². The Morgan fingerprint density at radius 1 is 1.35 bits per heavy atom. The van der Waals surface area contributed by atoms with E-state index in [0.717, 1.165) is 23.5 Å². The molecule has 4 N–H and O–H groups in total. The van der Waals surface area contributed by atoms with Crippen LogP contribution in [0.1, 0.15) is 5.56 Å². The van der Waals surface area contributed by atoms with Crippen LogP contribution in [-0.2, 0) is 6.42 Å². The van der Waals surface area contributed by atoms with Crippen molar-refractivity contribution in [2.24, 2.45) is 5.73 Å². The topological polar surface area (TPSA) is 62.0 Å². The van der Waals surface area contributed by atoms with Crippen LogP contribution in [-0.4, -0.2) is 24.3 Å². The molecule has 17 heavy (non-hydrogen) atoms. The molecule has 0 saturated carbocycles. The third-order valence-corrected chi connectivity index (χ3v) is 6.08. The average Bonchev–Trinajstić information content (AvgIpc) is 2.69. The summed E-state index contributed by atoms with van der Waals surface area (Å²) in [4.78, 5) is 3.24. The van der Waals surface area contributed by atoms with E-state index in [4.69, 9.17) is 5.73 Å². The van der Waals surface area contributed by atoms with E-state index < -0.39 is 8.07 Å². The van der Waals surface area contributed by atoms with Gasteiger partial charge >= 0.3 is 0 Å². The van der Waals surface area contributed by atoms with Crippen LogP contribution < -0.4 is 5.73 Å². The van der Waals surface area contributed by atoms with Gasteiger partial charge in [-0.05, 0) is 36.4 Å². The van der Waals surface area contributed by atoms with Gasteiger partial charge in [-0.15, -0.1) is 0 Å². The van der Waals surface area contributed by atoms with Gasteiger partial charge in [-0.1, -0.05) is 19.1 Å². The smallest absolute Gasteiger partial charge is 0.116 e. The van der Waals surface area contributed by atoms with Gasteiger partial charge in [0.25, 0.3) is 0 Å². The second-order valence-corrected chi connectivity index (χ2v) is 10.6. The molecule has 2 rings (SSSR count). The van der Waals surface area contributed by atoms with Gasteiger partial charge in [0.2, 0.25) is 0 Å². The zero-order valence-corrected chi connectivity index (χ0v) is 11.5. The van der Waals surface area contributed by atoms with Crippen LogP contribution in [0.3, 0.4) is 0 Å². The second-order valence-electron chi connectivity index (χ2n) is 5.41. The van der Waals surface area contributed by atoms with Crippen molar-refractivity contribution in [3.05, 3.63) is 30.0 Å². The highest BCUT2D eigenvalue weighted by Crippen LogP contribution is 2.25. The summed E-state index contributed by atoms with van der Waals surface area (Å²) in [6, 6.07) is 6.64. The summed E-state index contributed by atoms with van der Waals surface area (Å²) in [6.07, 6.45) is 3.92. The van der Waals surface area contributed by atoms with Crippen molar-refractivity contribution in [1.29, 1.82) is 0 Å². The molecule has 0 bridgehead atoms. The highest BCUT2D eigenvalue weighted by Gasteiger charge is 2.18. The number of aromatic hydroxyl groups is 1. The van der Waals surface area contributed by atoms with E-state index in [1.165, 1.54) is 11.6 Å². The first-order valence-corrected chi connectivity index (χ1v) is 9.42. The molecule has 0 aliphatic heterocycles. The molecule has 0 aliphatic carbocycles. The summed E-state index contributed by atoms with van der Waals surface area (Å²) in [5.41, 5.74) is 8.17. The fourth-order valence-corrected chi connectivity index (χ4v) is 3.10. The number of benzene rings is 1. The van der Waals surface area contributed by atoms with Crippen LogP contribution in [0.25, 0.3) is 10.9 Å². The molecule has 0 atom stereocenters. The lowest BCUT2D eigenvalue weighted by molar-refractivity contribution is 0.476. The highest BCUT2D eigenvalue weighted by molar-refractivity contribution is 6.77. The van der Waals surface area contributed by atoms with Crippen molar-refractivity contribution in [1.82, 2.24) is 4.98 Å². The monoisotopic (exact) mass is 248 g/mol. The Bertz CT molecular complexity index is 519. The van der Waals surface area contributed by atoms with Crippen molar-refractivity contribution in [2.45, 2.75) is 25.6 Å². The maximum absolute atomic E-state index is 9.52. The van der Waals surface area contributed by atoms with Crippen LogP contribution in [0.4, 0.5) is 0 Å². The van der Waals surface area contributed by atoms with E-state index in [2.05, 4.69) is 18.1 Å². The maximum atomic E-state index is 9.52. The minimum atomic E-state index is -1.23. The Morgan fingerprint density at radius 3 is 2.82 bits per heavy atom. The van der Waals surface area contributed by atoms with Crippen LogP contribution in [0.5, 0.6) is 5.75 Å². The van der Waals surface area contributed by atoms with Crippen molar-refractivity contribution in [3.8, 4) is 5.75 Å². The third-order valence-electron chi connectivity index (χ3n) is 3.37. The number of phenolic OH excluding ortho intramolecular Hbond substituents is 1. The van der Waals surface area contributed by atoms with Gasteiger partial charge in [0, 0.05) is 17.1 Å². The molecule has 0 unspecified atom stereocenters. The fourth-order valence-electron chi connectivity index (χ4n) is 1.95. The van der Waals surface area contributed by atoms with Crippen molar-refractivity contribution >= 4 is 19.0 Å². The maximum Gasteiger partial charge on any atom is 0.116 e. The van der Waals surface area contributed by atoms with Crippen LogP contribution in [0.15, 0.2) is 24.4 Å². The molecule has 1 aromatic carbocycles. The highest BCUT2D eigenvalue weighted by atomic mass is 28.3. The predicted octanol–water partition coefficient (Wildman–Crippen LogP) is 2.62. The molecule has 92 valence electrons. The van der Waals surface area contributed by atoms with Gasteiger partial charge in [0.15, 0.2) is 0 Å². The van der Waals surface area contributed by atoms with Gasteiger partial charge in [-0.3, -0.25) is 0 Å². The van der Waals surface area contributed by atoms with Gasteiger partial charge < -0.3 is 15.8 Å². The lowest BCUT2D eigenvalue weighted by atomic mass is 10.1. The lowest BCUT2D eigenvalue weighted by Gasteiger charge is -2.19. The van der Waals surface area contributed by atoms with E-state index in [1.54, 1.807) is 6.07 Å². The molecule has 0 aliphatic rings. The predicted molar refractivity (Wildman–Crippen MR) is 75.0 cm³/mol. The summed E-state index contributed by atoms with van der Waals surface area (Å²) in [6.45, 7) is 4.64. The van der Waals surface area contributed by atoms with E-state index in [1.807, 2.05) is 18.3 Å². The number of H-pyrrole nitrogens is 1. The van der Waals surface area contributed by atoms with Crippen molar-refractivity contribution in [3.63, 3.8) is 0 Å². The van der Waals surface area contributed by atoms with Crippen molar-refractivity contribution in [2.75, 3.05) is 6.17 Å². The number of phenols is 1. The van der Waals surface area contributed by atoms with E-state index in [0.29, 0.717) is 5.75 Å². The molecule has 0 amide bonds. The minimum Gasteiger partial charge on any atom is -0.508 e. The zero-order chi connectivity index (χ0) is 12.5.